The standard InChI is InChI=1S/C14H29N3O2/c1-5-9-16-13(18)8-10-15-11(4)14(19)17-12(6-2)7-3/h11-12,15H,5-10H2,1-4H3,(H,16,18)(H,17,19). The molecule has 0 radical (unpaired) electrons. The largest absolute Gasteiger partial charge is 0.356 e. The average Bonchev–Trinajstić information content (AvgIpc) is 2.41. The summed E-state index contributed by atoms with van der Waals surface area (Å²) in [5.74, 6) is 0.0321. The van der Waals surface area contributed by atoms with Crippen molar-refractivity contribution >= 4 is 11.8 Å². The summed E-state index contributed by atoms with van der Waals surface area (Å²) < 4.78 is 0. The van der Waals surface area contributed by atoms with Gasteiger partial charge in [0.15, 0.2) is 0 Å². The van der Waals surface area contributed by atoms with Gasteiger partial charge in [-0.05, 0) is 26.2 Å². The van der Waals surface area contributed by atoms with Crippen molar-refractivity contribution in [2.45, 2.75) is 65.5 Å². The monoisotopic (exact) mass is 271 g/mol. The zero-order valence-electron chi connectivity index (χ0n) is 12.7. The second kappa shape index (κ2) is 10.8. The maximum Gasteiger partial charge on any atom is 0.237 e. The highest BCUT2D eigenvalue weighted by molar-refractivity contribution is 5.81. The van der Waals surface area contributed by atoms with Gasteiger partial charge in [-0.25, -0.2) is 0 Å². The molecule has 0 saturated heterocycles. The van der Waals surface area contributed by atoms with E-state index >= 15 is 0 Å². The molecule has 0 heterocycles. The van der Waals surface area contributed by atoms with Crippen LogP contribution in [0.1, 0.15) is 53.4 Å². The molecule has 0 aliphatic heterocycles. The molecule has 0 aromatic rings. The Morgan fingerprint density at radius 1 is 1.05 bits per heavy atom. The predicted octanol–water partition coefficient (Wildman–Crippen LogP) is 1.19. The minimum Gasteiger partial charge on any atom is -0.356 e. The van der Waals surface area contributed by atoms with E-state index in [9.17, 15) is 9.59 Å². The summed E-state index contributed by atoms with van der Waals surface area (Å²) in [4.78, 5) is 23.2. The lowest BCUT2D eigenvalue weighted by atomic mass is 10.1. The Morgan fingerprint density at radius 3 is 2.21 bits per heavy atom. The van der Waals surface area contributed by atoms with Gasteiger partial charge in [-0.2, -0.15) is 0 Å². The van der Waals surface area contributed by atoms with E-state index < -0.39 is 0 Å². The molecular weight excluding hydrogens is 242 g/mol. The summed E-state index contributed by atoms with van der Waals surface area (Å²) in [5, 5.41) is 8.86. The van der Waals surface area contributed by atoms with Crippen LogP contribution in [0, 0.1) is 0 Å². The van der Waals surface area contributed by atoms with Gasteiger partial charge >= 0.3 is 0 Å². The van der Waals surface area contributed by atoms with Crippen LogP contribution in [-0.4, -0.2) is 37.0 Å². The molecule has 0 spiro atoms. The number of carbonyl (C=O) groups is 2. The maximum absolute atomic E-state index is 11.8. The third-order valence-corrected chi connectivity index (χ3v) is 3.10. The Kier molecular flexibility index (Phi) is 10.2. The number of amides is 2. The highest BCUT2D eigenvalue weighted by Gasteiger charge is 2.15. The van der Waals surface area contributed by atoms with Crippen molar-refractivity contribution < 1.29 is 9.59 Å². The topological polar surface area (TPSA) is 70.2 Å². The Bertz CT molecular complexity index is 265. The molecule has 3 N–H and O–H groups in total. The van der Waals surface area contributed by atoms with Crippen LogP contribution in [0.25, 0.3) is 0 Å². The lowest BCUT2D eigenvalue weighted by Crippen LogP contribution is -2.46. The van der Waals surface area contributed by atoms with Gasteiger partial charge in [0.1, 0.15) is 0 Å². The number of hydrogen-bond donors (Lipinski definition) is 3. The summed E-state index contributed by atoms with van der Waals surface area (Å²) in [6.45, 7) is 9.19. The normalized spacial score (nSPS) is 12.3. The molecule has 112 valence electrons. The Morgan fingerprint density at radius 2 is 1.68 bits per heavy atom. The van der Waals surface area contributed by atoms with Crippen LogP contribution in [0.3, 0.4) is 0 Å². The van der Waals surface area contributed by atoms with Crippen LogP contribution >= 0.6 is 0 Å². The number of nitrogens with one attached hydrogen (secondary N) is 3. The van der Waals surface area contributed by atoms with Gasteiger partial charge in [0, 0.05) is 25.6 Å². The molecule has 0 saturated carbocycles. The summed E-state index contributed by atoms with van der Waals surface area (Å²) in [5.41, 5.74) is 0. The molecule has 0 bridgehead atoms. The molecule has 0 aliphatic rings. The van der Waals surface area contributed by atoms with Crippen molar-refractivity contribution in [2.75, 3.05) is 13.1 Å². The summed E-state index contributed by atoms with van der Waals surface area (Å²) in [6.07, 6.45) is 3.22. The van der Waals surface area contributed by atoms with Crippen molar-refractivity contribution in [1.82, 2.24) is 16.0 Å². The summed E-state index contributed by atoms with van der Waals surface area (Å²) in [6, 6.07) is -0.0239. The second-order valence-electron chi connectivity index (χ2n) is 4.80. The number of hydrogen-bond acceptors (Lipinski definition) is 3. The molecule has 0 aromatic carbocycles. The summed E-state index contributed by atoms with van der Waals surface area (Å²) in [7, 11) is 0. The minimum absolute atomic E-state index is 0.00247. The molecule has 5 nitrogen and oxygen atoms in total. The van der Waals surface area contributed by atoms with Crippen LogP contribution in [0.2, 0.25) is 0 Å². The van der Waals surface area contributed by atoms with Gasteiger partial charge in [0.2, 0.25) is 11.8 Å². The first-order chi connectivity index (χ1) is 9.04. The van der Waals surface area contributed by atoms with Gasteiger partial charge in [0.05, 0.1) is 6.04 Å². The van der Waals surface area contributed by atoms with E-state index in [1.807, 2.05) is 13.8 Å². The van der Waals surface area contributed by atoms with Gasteiger partial charge in [0.25, 0.3) is 0 Å². The van der Waals surface area contributed by atoms with Crippen LogP contribution in [-0.2, 0) is 9.59 Å². The van der Waals surface area contributed by atoms with E-state index in [4.69, 9.17) is 0 Å². The Balaban J connectivity index is 3.81. The van der Waals surface area contributed by atoms with E-state index in [1.165, 1.54) is 0 Å². The quantitative estimate of drug-likeness (QED) is 0.559. The third kappa shape index (κ3) is 8.59. The molecule has 2 amide bonds. The molecule has 0 fully saturated rings. The highest BCUT2D eigenvalue weighted by atomic mass is 16.2. The van der Waals surface area contributed by atoms with Gasteiger partial charge < -0.3 is 16.0 Å². The van der Waals surface area contributed by atoms with Crippen LogP contribution in [0.5, 0.6) is 0 Å². The first-order valence-electron chi connectivity index (χ1n) is 7.35. The minimum atomic E-state index is -0.264. The molecular formula is C14H29N3O2. The van der Waals surface area contributed by atoms with Crippen molar-refractivity contribution in [3.05, 3.63) is 0 Å². The maximum atomic E-state index is 11.8. The van der Waals surface area contributed by atoms with Crippen LogP contribution in [0.15, 0.2) is 0 Å². The van der Waals surface area contributed by atoms with Crippen LogP contribution < -0.4 is 16.0 Å². The van der Waals surface area contributed by atoms with E-state index in [0.717, 1.165) is 19.3 Å². The Hall–Kier alpha value is -1.10. The molecule has 0 aliphatic carbocycles. The van der Waals surface area contributed by atoms with E-state index in [1.54, 1.807) is 0 Å². The molecule has 1 atom stereocenters. The number of rotatable bonds is 10. The van der Waals surface area contributed by atoms with Gasteiger partial charge in [-0.1, -0.05) is 20.8 Å². The third-order valence-electron chi connectivity index (χ3n) is 3.10. The van der Waals surface area contributed by atoms with Gasteiger partial charge in [-0.15, -0.1) is 0 Å². The van der Waals surface area contributed by atoms with Crippen molar-refractivity contribution in [3.8, 4) is 0 Å². The lowest BCUT2D eigenvalue weighted by Gasteiger charge is -2.19. The summed E-state index contributed by atoms with van der Waals surface area (Å²) >= 11 is 0. The fraction of sp³-hybridized carbons (Fsp3) is 0.857. The van der Waals surface area contributed by atoms with E-state index in [-0.39, 0.29) is 23.9 Å². The fourth-order valence-electron chi connectivity index (χ4n) is 1.67. The highest BCUT2D eigenvalue weighted by Crippen LogP contribution is 1.97. The predicted molar refractivity (Wildman–Crippen MR) is 77.9 cm³/mol. The van der Waals surface area contributed by atoms with E-state index in [0.29, 0.717) is 19.5 Å². The van der Waals surface area contributed by atoms with Crippen molar-refractivity contribution in [2.24, 2.45) is 0 Å². The first kappa shape index (κ1) is 17.9. The fourth-order valence-corrected chi connectivity index (χ4v) is 1.67. The molecule has 0 aromatic heterocycles. The Labute approximate surface area is 116 Å². The second-order valence-corrected chi connectivity index (χ2v) is 4.80. The number of carbonyl (C=O) groups excluding carboxylic acids is 2. The van der Waals surface area contributed by atoms with Crippen molar-refractivity contribution in [3.63, 3.8) is 0 Å². The molecule has 5 heteroatoms. The SMILES string of the molecule is CCCNC(=O)CCNC(C)C(=O)NC(CC)CC. The molecule has 0 rings (SSSR count). The van der Waals surface area contributed by atoms with Crippen LogP contribution in [0.4, 0.5) is 0 Å². The molecule has 19 heavy (non-hydrogen) atoms. The van der Waals surface area contributed by atoms with Crippen molar-refractivity contribution in [1.29, 1.82) is 0 Å². The lowest BCUT2D eigenvalue weighted by molar-refractivity contribution is -0.124. The molecule has 1 unspecified atom stereocenters. The van der Waals surface area contributed by atoms with E-state index in [2.05, 4.69) is 29.8 Å². The van der Waals surface area contributed by atoms with Gasteiger partial charge in [-0.3, -0.25) is 9.59 Å². The smallest absolute Gasteiger partial charge is 0.237 e. The zero-order valence-corrected chi connectivity index (χ0v) is 12.7. The first-order valence-corrected chi connectivity index (χ1v) is 7.35. The average molecular weight is 271 g/mol. The zero-order chi connectivity index (χ0) is 14.7.